The Bertz CT molecular complexity index is 508. The summed E-state index contributed by atoms with van der Waals surface area (Å²) >= 11 is 0. The normalized spacial score (nSPS) is 10.2. The van der Waals surface area contributed by atoms with Crippen molar-refractivity contribution in [2.75, 3.05) is 11.9 Å². The SMILES string of the molecule is CCCOc1ccc(C)cc1NCc1ccccc1. The van der Waals surface area contributed by atoms with E-state index in [1.54, 1.807) is 0 Å². The van der Waals surface area contributed by atoms with E-state index in [2.05, 4.69) is 55.6 Å². The molecule has 2 aromatic rings. The molecule has 2 aromatic carbocycles. The van der Waals surface area contributed by atoms with E-state index in [1.165, 1.54) is 11.1 Å². The molecular formula is C17H21NO. The van der Waals surface area contributed by atoms with Crippen molar-refractivity contribution < 1.29 is 4.74 Å². The molecule has 0 aliphatic carbocycles. The molecule has 0 saturated heterocycles. The third-order valence-electron chi connectivity index (χ3n) is 2.92. The Balaban J connectivity index is 2.07. The third kappa shape index (κ3) is 4.02. The minimum absolute atomic E-state index is 0.753. The predicted octanol–water partition coefficient (Wildman–Crippen LogP) is 4.40. The number of hydrogen-bond donors (Lipinski definition) is 1. The van der Waals surface area contributed by atoms with Crippen LogP contribution in [0.25, 0.3) is 0 Å². The van der Waals surface area contributed by atoms with Crippen LogP contribution in [-0.4, -0.2) is 6.61 Å². The highest BCUT2D eigenvalue weighted by molar-refractivity contribution is 5.58. The fourth-order valence-electron chi connectivity index (χ4n) is 1.91. The van der Waals surface area contributed by atoms with E-state index in [4.69, 9.17) is 4.74 Å². The van der Waals surface area contributed by atoms with E-state index < -0.39 is 0 Å². The summed E-state index contributed by atoms with van der Waals surface area (Å²) in [6.45, 7) is 5.78. The standard InChI is InChI=1S/C17H21NO/c1-3-11-19-17-10-9-14(2)12-16(17)18-13-15-7-5-4-6-8-15/h4-10,12,18H,3,11,13H2,1-2H3. The van der Waals surface area contributed by atoms with Gasteiger partial charge in [-0.3, -0.25) is 0 Å². The van der Waals surface area contributed by atoms with Crippen molar-refractivity contribution in [1.82, 2.24) is 0 Å². The van der Waals surface area contributed by atoms with Crippen molar-refractivity contribution in [3.05, 3.63) is 59.7 Å². The summed E-state index contributed by atoms with van der Waals surface area (Å²) < 4.78 is 5.77. The summed E-state index contributed by atoms with van der Waals surface area (Å²) in [6, 6.07) is 16.6. The molecule has 2 nitrogen and oxygen atoms in total. The molecule has 0 atom stereocenters. The smallest absolute Gasteiger partial charge is 0.142 e. The van der Waals surface area contributed by atoms with Crippen LogP contribution in [0, 0.1) is 6.92 Å². The van der Waals surface area contributed by atoms with Gasteiger partial charge in [0.2, 0.25) is 0 Å². The second-order valence-corrected chi connectivity index (χ2v) is 4.69. The van der Waals surface area contributed by atoms with Crippen LogP contribution in [0.5, 0.6) is 5.75 Å². The van der Waals surface area contributed by atoms with Gasteiger partial charge in [0, 0.05) is 6.54 Å². The van der Waals surface area contributed by atoms with Crippen molar-refractivity contribution >= 4 is 5.69 Å². The highest BCUT2D eigenvalue weighted by Gasteiger charge is 2.03. The van der Waals surface area contributed by atoms with Gasteiger partial charge in [-0.05, 0) is 36.6 Å². The molecule has 0 saturated carbocycles. The van der Waals surface area contributed by atoms with E-state index in [0.717, 1.165) is 31.0 Å². The number of ether oxygens (including phenoxy) is 1. The summed E-state index contributed by atoms with van der Waals surface area (Å²) in [4.78, 5) is 0. The van der Waals surface area contributed by atoms with Gasteiger partial charge < -0.3 is 10.1 Å². The number of rotatable bonds is 6. The second-order valence-electron chi connectivity index (χ2n) is 4.69. The topological polar surface area (TPSA) is 21.3 Å². The summed E-state index contributed by atoms with van der Waals surface area (Å²) in [5.74, 6) is 0.934. The average molecular weight is 255 g/mol. The lowest BCUT2D eigenvalue weighted by molar-refractivity contribution is 0.319. The fraction of sp³-hybridized carbons (Fsp3) is 0.294. The van der Waals surface area contributed by atoms with Gasteiger partial charge in [-0.25, -0.2) is 0 Å². The Kier molecular flexibility index (Phi) is 4.85. The summed E-state index contributed by atoms with van der Waals surface area (Å²) in [7, 11) is 0. The van der Waals surface area contributed by atoms with Gasteiger partial charge >= 0.3 is 0 Å². The predicted molar refractivity (Wildman–Crippen MR) is 80.7 cm³/mol. The number of benzene rings is 2. The lowest BCUT2D eigenvalue weighted by Crippen LogP contribution is -2.03. The zero-order chi connectivity index (χ0) is 13.5. The van der Waals surface area contributed by atoms with Crippen molar-refractivity contribution in [1.29, 1.82) is 0 Å². The van der Waals surface area contributed by atoms with Crippen molar-refractivity contribution in [3.63, 3.8) is 0 Å². The van der Waals surface area contributed by atoms with Gasteiger partial charge in [0.05, 0.1) is 12.3 Å². The quantitative estimate of drug-likeness (QED) is 0.826. The molecule has 19 heavy (non-hydrogen) atoms. The second kappa shape index (κ2) is 6.83. The first-order chi connectivity index (χ1) is 9.29. The van der Waals surface area contributed by atoms with Crippen LogP contribution in [0.1, 0.15) is 24.5 Å². The number of nitrogens with one attached hydrogen (secondary N) is 1. The average Bonchev–Trinajstić information content (AvgIpc) is 2.45. The molecule has 0 aliphatic heterocycles. The molecule has 0 radical (unpaired) electrons. The lowest BCUT2D eigenvalue weighted by Gasteiger charge is -2.14. The molecule has 0 unspecified atom stereocenters. The summed E-state index contributed by atoms with van der Waals surface area (Å²) in [5.41, 5.74) is 3.57. The van der Waals surface area contributed by atoms with Crippen LogP contribution < -0.4 is 10.1 Å². The minimum Gasteiger partial charge on any atom is -0.491 e. The third-order valence-corrected chi connectivity index (χ3v) is 2.92. The van der Waals surface area contributed by atoms with Gasteiger partial charge in [0.25, 0.3) is 0 Å². The molecule has 2 heteroatoms. The molecule has 0 amide bonds. The van der Waals surface area contributed by atoms with E-state index in [0.29, 0.717) is 0 Å². The molecule has 0 aliphatic rings. The van der Waals surface area contributed by atoms with Gasteiger partial charge in [-0.1, -0.05) is 43.3 Å². The molecule has 0 spiro atoms. The molecule has 0 fully saturated rings. The Morgan fingerprint density at radius 2 is 1.84 bits per heavy atom. The molecule has 100 valence electrons. The van der Waals surface area contributed by atoms with E-state index in [-0.39, 0.29) is 0 Å². The highest BCUT2D eigenvalue weighted by Crippen LogP contribution is 2.26. The maximum atomic E-state index is 5.77. The molecule has 0 bridgehead atoms. The van der Waals surface area contributed by atoms with Gasteiger partial charge in [-0.15, -0.1) is 0 Å². The van der Waals surface area contributed by atoms with Gasteiger partial charge in [0.15, 0.2) is 0 Å². The fourth-order valence-corrected chi connectivity index (χ4v) is 1.91. The van der Waals surface area contributed by atoms with Crippen LogP contribution in [-0.2, 0) is 6.54 Å². The largest absolute Gasteiger partial charge is 0.491 e. The minimum atomic E-state index is 0.753. The number of anilines is 1. The van der Waals surface area contributed by atoms with Gasteiger partial charge in [-0.2, -0.15) is 0 Å². The van der Waals surface area contributed by atoms with E-state index in [9.17, 15) is 0 Å². The van der Waals surface area contributed by atoms with Crippen molar-refractivity contribution in [2.24, 2.45) is 0 Å². The Labute approximate surface area is 115 Å². The number of aryl methyl sites for hydroxylation is 1. The molecule has 0 aromatic heterocycles. The molecule has 0 heterocycles. The highest BCUT2D eigenvalue weighted by atomic mass is 16.5. The zero-order valence-corrected chi connectivity index (χ0v) is 11.6. The maximum absolute atomic E-state index is 5.77. The number of hydrogen-bond acceptors (Lipinski definition) is 2. The summed E-state index contributed by atoms with van der Waals surface area (Å²) in [5, 5.41) is 3.45. The van der Waals surface area contributed by atoms with Crippen LogP contribution in [0.4, 0.5) is 5.69 Å². The lowest BCUT2D eigenvalue weighted by atomic mass is 10.2. The van der Waals surface area contributed by atoms with Crippen LogP contribution in [0.2, 0.25) is 0 Å². The zero-order valence-electron chi connectivity index (χ0n) is 11.6. The van der Waals surface area contributed by atoms with Crippen LogP contribution in [0.15, 0.2) is 48.5 Å². The van der Waals surface area contributed by atoms with Gasteiger partial charge in [0.1, 0.15) is 5.75 Å². The summed E-state index contributed by atoms with van der Waals surface area (Å²) in [6.07, 6.45) is 1.02. The molecular weight excluding hydrogens is 234 g/mol. The van der Waals surface area contributed by atoms with E-state index in [1.807, 2.05) is 12.1 Å². The molecule has 1 N–H and O–H groups in total. The van der Waals surface area contributed by atoms with Crippen LogP contribution >= 0.6 is 0 Å². The maximum Gasteiger partial charge on any atom is 0.142 e. The van der Waals surface area contributed by atoms with E-state index >= 15 is 0 Å². The van der Waals surface area contributed by atoms with Crippen molar-refractivity contribution in [2.45, 2.75) is 26.8 Å². The van der Waals surface area contributed by atoms with Crippen molar-refractivity contribution in [3.8, 4) is 5.75 Å². The Morgan fingerprint density at radius 1 is 1.05 bits per heavy atom. The Morgan fingerprint density at radius 3 is 2.58 bits per heavy atom. The Hall–Kier alpha value is -1.96. The van der Waals surface area contributed by atoms with Crippen LogP contribution in [0.3, 0.4) is 0 Å². The first kappa shape index (κ1) is 13.5. The first-order valence-electron chi connectivity index (χ1n) is 6.81. The first-order valence-corrected chi connectivity index (χ1v) is 6.81. The monoisotopic (exact) mass is 255 g/mol. The molecule has 2 rings (SSSR count).